The van der Waals surface area contributed by atoms with Crippen molar-refractivity contribution in [2.45, 2.75) is 78.2 Å². The summed E-state index contributed by atoms with van der Waals surface area (Å²) in [5.74, 6) is 1.52. The Kier molecular flexibility index (Phi) is 12.3. The van der Waals surface area contributed by atoms with Gasteiger partial charge in [0.2, 0.25) is 5.91 Å². The smallest absolute Gasteiger partial charge is 0.220 e. The SMILES string of the molecule is CCNC(=NCC(C(C)C)N1CCCCCC1)NCCCCN1CCC(C(N)=O)CC1. The molecule has 2 aliphatic heterocycles. The molecule has 2 heterocycles. The van der Waals surface area contributed by atoms with E-state index in [9.17, 15) is 4.79 Å². The Bertz CT molecular complexity index is 522. The van der Waals surface area contributed by atoms with Crippen molar-refractivity contribution >= 4 is 11.9 Å². The quantitative estimate of drug-likeness (QED) is 0.263. The molecule has 0 spiro atoms. The number of carbonyl (C=O) groups excluding carboxylic acids is 1. The van der Waals surface area contributed by atoms with Gasteiger partial charge in [0.25, 0.3) is 0 Å². The fourth-order valence-corrected chi connectivity index (χ4v) is 4.81. The van der Waals surface area contributed by atoms with Crippen molar-refractivity contribution in [2.24, 2.45) is 22.6 Å². The number of primary amides is 1. The molecule has 2 aliphatic rings. The third kappa shape index (κ3) is 9.77. The van der Waals surface area contributed by atoms with E-state index in [1.807, 2.05) is 0 Å². The summed E-state index contributed by atoms with van der Waals surface area (Å²) in [6.07, 6.45) is 9.51. The van der Waals surface area contributed by atoms with Crippen LogP contribution < -0.4 is 16.4 Å². The first-order valence-electron chi connectivity index (χ1n) is 12.8. The van der Waals surface area contributed by atoms with Crippen LogP contribution in [0.2, 0.25) is 0 Å². The van der Waals surface area contributed by atoms with Gasteiger partial charge < -0.3 is 21.3 Å². The monoisotopic (exact) mass is 436 g/mol. The average molecular weight is 437 g/mol. The molecule has 2 saturated heterocycles. The molecule has 0 radical (unpaired) electrons. The van der Waals surface area contributed by atoms with E-state index in [4.69, 9.17) is 10.7 Å². The maximum Gasteiger partial charge on any atom is 0.220 e. The average Bonchev–Trinajstić information content (AvgIpc) is 3.03. The second-order valence-electron chi connectivity index (χ2n) is 9.63. The molecular formula is C24H48N6O. The van der Waals surface area contributed by atoms with Gasteiger partial charge >= 0.3 is 0 Å². The number of hydrogen-bond donors (Lipinski definition) is 3. The molecule has 1 unspecified atom stereocenters. The number of amides is 1. The van der Waals surface area contributed by atoms with Crippen LogP contribution in [0.15, 0.2) is 4.99 Å². The molecule has 180 valence electrons. The van der Waals surface area contributed by atoms with Crippen LogP contribution in [-0.2, 0) is 4.79 Å². The Morgan fingerprint density at radius 2 is 1.71 bits per heavy atom. The minimum Gasteiger partial charge on any atom is -0.369 e. The molecular weight excluding hydrogens is 388 g/mol. The van der Waals surface area contributed by atoms with Crippen LogP contribution in [0.5, 0.6) is 0 Å². The van der Waals surface area contributed by atoms with Gasteiger partial charge in [-0.05, 0) is 84.1 Å². The Morgan fingerprint density at radius 3 is 2.29 bits per heavy atom. The molecule has 7 nitrogen and oxygen atoms in total. The number of unbranched alkanes of at least 4 members (excludes halogenated alkanes) is 1. The van der Waals surface area contributed by atoms with Crippen molar-refractivity contribution in [3.63, 3.8) is 0 Å². The van der Waals surface area contributed by atoms with Gasteiger partial charge in [-0.15, -0.1) is 0 Å². The lowest BCUT2D eigenvalue weighted by Gasteiger charge is -2.32. The van der Waals surface area contributed by atoms with Gasteiger partial charge in [0, 0.05) is 25.0 Å². The number of nitrogens with two attached hydrogens (primary N) is 1. The molecule has 0 bridgehead atoms. The summed E-state index contributed by atoms with van der Waals surface area (Å²) < 4.78 is 0. The highest BCUT2D eigenvalue weighted by atomic mass is 16.1. The van der Waals surface area contributed by atoms with Crippen LogP contribution in [-0.4, -0.2) is 80.1 Å². The van der Waals surface area contributed by atoms with Gasteiger partial charge in [-0.1, -0.05) is 26.7 Å². The normalized spacial score (nSPS) is 21.1. The van der Waals surface area contributed by atoms with E-state index in [0.29, 0.717) is 12.0 Å². The number of hydrogen-bond acceptors (Lipinski definition) is 4. The molecule has 0 aromatic rings. The maximum atomic E-state index is 11.3. The lowest BCUT2D eigenvalue weighted by Crippen LogP contribution is -2.44. The highest BCUT2D eigenvalue weighted by Crippen LogP contribution is 2.18. The number of nitrogens with one attached hydrogen (secondary N) is 2. The van der Waals surface area contributed by atoms with Gasteiger partial charge in [0.1, 0.15) is 0 Å². The number of likely N-dealkylation sites (tertiary alicyclic amines) is 2. The van der Waals surface area contributed by atoms with Crippen LogP contribution >= 0.6 is 0 Å². The molecule has 1 atom stereocenters. The van der Waals surface area contributed by atoms with Crippen molar-refractivity contribution in [3.8, 4) is 0 Å². The molecule has 7 heteroatoms. The molecule has 0 saturated carbocycles. The van der Waals surface area contributed by atoms with E-state index in [0.717, 1.165) is 70.9 Å². The fraction of sp³-hybridized carbons (Fsp3) is 0.917. The van der Waals surface area contributed by atoms with Crippen LogP contribution in [0.1, 0.15) is 72.1 Å². The zero-order valence-corrected chi connectivity index (χ0v) is 20.4. The topological polar surface area (TPSA) is 86.0 Å². The summed E-state index contributed by atoms with van der Waals surface area (Å²) in [7, 11) is 0. The first-order valence-corrected chi connectivity index (χ1v) is 12.8. The van der Waals surface area contributed by atoms with Crippen LogP contribution in [0.25, 0.3) is 0 Å². The summed E-state index contributed by atoms with van der Waals surface area (Å²) >= 11 is 0. The van der Waals surface area contributed by atoms with Crippen molar-refractivity contribution < 1.29 is 4.79 Å². The second kappa shape index (κ2) is 14.7. The molecule has 0 aromatic heterocycles. The highest BCUT2D eigenvalue weighted by Gasteiger charge is 2.23. The second-order valence-corrected chi connectivity index (χ2v) is 9.63. The molecule has 2 rings (SSSR count). The van der Waals surface area contributed by atoms with E-state index in [-0.39, 0.29) is 11.8 Å². The first-order chi connectivity index (χ1) is 15.0. The number of guanidine groups is 1. The molecule has 0 aliphatic carbocycles. The summed E-state index contributed by atoms with van der Waals surface area (Å²) in [5.41, 5.74) is 5.43. The van der Waals surface area contributed by atoms with E-state index in [1.54, 1.807) is 0 Å². The number of nitrogens with zero attached hydrogens (tertiary/aromatic N) is 3. The minimum atomic E-state index is -0.130. The van der Waals surface area contributed by atoms with Gasteiger partial charge in [-0.25, -0.2) is 0 Å². The van der Waals surface area contributed by atoms with Crippen LogP contribution in [0, 0.1) is 11.8 Å². The predicted molar refractivity (Wildman–Crippen MR) is 130 cm³/mol. The highest BCUT2D eigenvalue weighted by molar-refractivity contribution is 5.79. The number of carbonyl (C=O) groups is 1. The Labute approximate surface area is 190 Å². The third-order valence-corrected chi connectivity index (χ3v) is 6.84. The van der Waals surface area contributed by atoms with Gasteiger partial charge in [-0.3, -0.25) is 14.7 Å². The molecule has 4 N–H and O–H groups in total. The number of rotatable bonds is 11. The zero-order valence-electron chi connectivity index (χ0n) is 20.4. The number of piperidine rings is 1. The summed E-state index contributed by atoms with van der Waals surface area (Å²) in [6, 6.07) is 0.525. The lowest BCUT2D eigenvalue weighted by molar-refractivity contribution is -0.123. The molecule has 31 heavy (non-hydrogen) atoms. The van der Waals surface area contributed by atoms with Crippen molar-refractivity contribution in [2.75, 3.05) is 52.4 Å². The maximum absolute atomic E-state index is 11.3. The van der Waals surface area contributed by atoms with Gasteiger partial charge in [0.15, 0.2) is 5.96 Å². The Hall–Kier alpha value is -1.34. The largest absolute Gasteiger partial charge is 0.369 e. The standard InChI is InChI=1S/C24H48N6O/c1-4-26-24(28-19-22(20(2)3)30-15-8-5-6-9-16-30)27-13-7-10-14-29-17-11-21(12-18-29)23(25)31/h20-22H,4-19H2,1-3H3,(H2,25,31)(H2,26,27,28). The van der Waals surface area contributed by atoms with Crippen LogP contribution in [0.4, 0.5) is 0 Å². The summed E-state index contributed by atoms with van der Waals surface area (Å²) in [5, 5.41) is 6.94. The first kappa shape index (κ1) is 25.9. The zero-order chi connectivity index (χ0) is 22.5. The summed E-state index contributed by atoms with van der Waals surface area (Å²) in [6.45, 7) is 15.0. The van der Waals surface area contributed by atoms with E-state index in [1.165, 1.54) is 38.8 Å². The van der Waals surface area contributed by atoms with Gasteiger partial charge in [0.05, 0.1) is 6.54 Å². The Morgan fingerprint density at radius 1 is 1.03 bits per heavy atom. The molecule has 2 fully saturated rings. The van der Waals surface area contributed by atoms with Crippen molar-refractivity contribution in [3.05, 3.63) is 0 Å². The lowest BCUT2D eigenvalue weighted by atomic mass is 9.96. The third-order valence-electron chi connectivity index (χ3n) is 6.84. The predicted octanol–water partition coefficient (Wildman–Crippen LogP) is 2.42. The molecule has 0 aromatic carbocycles. The minimum absolute atomic E-state index is 0.0841. The number of aliphatic imine (C=N–C) groups is 1. The molecule has 1 amide bonds. The van der Waals surface area contributed by atoms with Crippen molar-refractivity contribution in [1.29, 1.82) is 0 Å². The Balaban J connectivity index is 1.70. The van der Waals surface area contributed by atoms with Crippen LogP contribution in [0.3, 0.4) is 0 Å². The fourth-order valence-electron chi connectivity index (χ4n) is 4.81. The van der Waals surface area contributed by atoms with E-state index in [2.05, 4.69) is 41.2 Å². The summed E-state index contributed by atoms with van der Waals surface area (Å²) in [4.78, 5) is 21.4. The van der Waals surface area contributed by atoms with Crippen molar-refractivity contribution in [1.82, 2.24) is 20.4 Å². The van der Waals surface area contributed by atoms with Gasteiger partial charge in [-0.2, -0.15) is 0 Å². The van der Waals surface area contributed by atoms with E-state index < -0.39 is 0 Å². The van der Waals surface area contributed by atoms with E-state index >= 15 is 0 Å².